The zero-order chi connectivity index (χ0) is 19.0. The molecule has 8 heteroatoms. The van der Waals surface area contributed by atoms with Crippen LogP contribution in [0.3, 0.4) is 0 Å². The van der Waals surface area contributed by atoms with Gasteiger partial charge in [-0.25, -0.2) is 4.79 Å². The van der Waals surface area contributed by atoms with Crippen molar-refractivity contribution < 1.29 is 19.2 Å². The van der Waals surface area contributed by atoms with Crippen molar-refractivity contribution in [3.8, 4) is 0 Å². The van der Waals surface area contributed by atoms with Crippen LogP contribution in [0.1, 0.15) is 40.6 Å². The lowest BCUT2D eigenvalue weighted by atomic mass is 10.0. The van der Waals surface area contributed by atoms with Gasteiger partial charge in [0.25, 0.3) is 0 Å². The first-order valence-corrected chi connectivity index (χ1v) is 8.93. The summed E-state index contributed by atoms with van der Waals surface area (Å²) in [6.07, 6.45) is 3.09. The van der Waals surface area contributed by atoms with Crippen molar-refractivity contribution in [1.82, 2.24) is 19.8 Å². The van der Waals surface area contributed by atoms with E-state index in [2.05, 4.69) is 10.3 Å². The van der Waals surface area contributed by atoms with Crippen molar-refractivity contribution in [2.24, 2.45) is 0 Å². The predicted molar refractivity (Wildman–Crippen MR) is 96.5 cm³/mol. The minimum Gasteiger partial charge on any atom is -0.478 e. The van der Waals surface area contributed by atoms with Crippen molar-refractivity contribution in [3.05, 3.63) is 47.4 Å². The molecule has 3 heterocycles. The molecule has 1 N–H and O–H groups in total. The number of aromatic carboxylic acids is 1. The number of carboxylic acids is 1. The molecule has 4 rings (SSSR count). The first kappa shape index (κ1) is 17.3. The van der Waals surface area contributed by atoms with Gasteiger partial charge in [-0.05, 0) is 31.9 Å². The Morgan fingerprint density at radius 1 is 1.26 bits per heavy atom. The molecule has 1 aromatic carbocycles. The van der Waals surface area contributed by atoms with Gasteiger partial charge in [-0.1, -0.05) is 17.3 Å². The van der Waals surface area contributed by atoms with E-state index in [1.807, 2.05) is 29.2 Å². The maximum Gasteiger partial charge on any atom is 0.339 e. The first-order valence-electron chi connectivity index (χ1n) is 8.93. The van der Waals surface area contributed by atoms with Crippen LogP contribution in [0, 0.1) is 6.92 Å². The highest BCUT2D eigenvalue weighted by atomic mass is 16.5. The van der Waals surface area contributed by atoms with Crippen molar-refractivity contribution in [2.45, 2.75) is 32.2 Å². The zero-order valence-corrected chi connectivity index (χ0v) is 15.0. The fourth-order valence-electron chi connectivity index (χ4n) is 3.68. The van der Waals surface area contributed by atoms with Crippen molar-refractivity contribution >= 4 is 22.8 Å². The third-order valence-electron chi connectivity index (χ3n) is 5.21. The zero-order valence-electron chi connectivity index (χ0n) is 15.0. The third kappa shape index (κ3) is 3.18. The highest BCUT2D eigenvalue weighted by Crippen LogP contribution is 2.25. The molecule has 8 nitrogen and oxygen atoms in total. The smallest absolute Gasteiger partial charge is 0.339 e. The van der Waals surface area contributed by atoms with Crippen LogP contribution in [0.4, 0.5) is 0 Å². The number of carboxylic acid groups (broad SMARTS) is 1. The summed E-state index contributed by atoms with van der Waals surface area (Å²) in [4.78, 5) is 25.7. The van der Waals surface area contributed by atoms with E-state index in [1.54, 1.807) is 11.6 Å². The Morgan fingerprint density at radius 2 is 2.00 bits per heavy atom. The quantitative estimate of drug-likeness (QED) is 0.759. The maximum atomic E-state index is 12.7. The largest absolute Gasteiger partial charge is 0.478 e. The minimum atomic E-state index is -0.966. The molecule has 0 radical (unpaired) electrons. The monoisotopic (exact) mass is 368 g/mol. The van der Waals surface area contributed by atoms with Gasteiger partial charge < -0.3 is 14.5 Å². The van der Waals surface area contributed by atoms with Gasteiger partial charge >= 0.3 is 5.97 Å². The van der Waals surface area contributed by atoms with E-state index in [9.17, 15) is 14.7 Å². The number of nitrogens with zero attached hydrogens (tertiary/aromatic N) is 4. The second-order valence-electron chi connectivity index (χ2n) is 6.81. The lowest BCUT2D eigenvalue weighted by molar-refractivity contribution is -0.131. The molecular weight excluding hydrogens is 348 g/mol. The third-order valence-corrected chi connectivity index (χ3v) is 5.21. The highest BCUT2D eigenvalue weighted by Gasteiger charge is 2.27. The molecule has 0 atom stereocenters. The molecule has 1 saturated heterocycles. The lowest BCUT2D eigenvalue weighted by Gasteiger charge is -2.32. The maximum absolute atomic E-state index is 12.7. The van der Waals surface area contributed by atoms with Crippen LogP contribution < -0.4 is 0 Å². The number of benzene rings is 1. The van der Waals surface area contributed by atoms with Gasteiger partial charge in [-0.3, -0.25) is 9.48 Å². The van der Waals surface area contributed by atoms with Gasteiger partial charge in [0.1, 0.15) is 11.3 Å². The Kier molecular flexibility index (Phi) is 4.39. The summed E-state index contributed by atoms with van der Waals surface area (Å²) in [5, 5.41) is 18.3. The Hall–Kier alpha value is -3.16. The molecule has 1 amide bonds. The summed E-state index contributed by atoms with van der Waals surface area (Å²) >= 11 is 0. The molecule has 1 aliphatic heterocycles. The number of carbonyl (C=O) groups is 2. The second-order valence-corrected chi connectivity index (χ2v) is 6.81. The number of hydrogen-bond acceptors (Lipinski definition) is 5. The molecule has 0 aliphatic carbocycles. The number of likely N-dealkylation sites (tertiary alicyclic amines) is 1. The molecule has 0 bridgehead atoms. The summed E-state index contributed by atoms with van der Waals surface area (Å²) in [7, 11) is 0. The predicted octanol–water partition coefficient (Wildman–Crippen LogP) is 2.44. The van der Waals surface area contributed by atoms with Crippen LogP contribution in [-0.2, 0) is 11.2 Å². The molecule has 1 aliphatic rings. The van der Waals surface area contributed by atoms with Crippen LogP contribution in [0.2, 0.25) is 0 Å². The standard InChI is InChI=1S/C19H20N4O4/c1-12-15(19(25)26)11-20-23(12)13-6-8-22(9-7-13)18(24)10-16-14-4-2-3-5-17(14)27-21-16/h2-5,11,13H,6-10H2,1H3,(H,25,26). The molecule has 0 spiro atoms. The van der Waals surface area contributed by atoms with Gasteiger partial charge in [0.2, 0.25) is 5.91 Å². The average Bonchev–Trinajstić information content (AvgIpc) is 3.26. The molecule has 0 unspecified atom stereocenters. The number of amides is 1. The van der Waals surface area contributed by atoms with E-state index in [-0.39, 0.29) is 23.9 Å². The molecule has 1 fully saturated rings. The van der Waals surface area contributed by atoms with Crippen molar-refractivity contribution in [1.29, 1.82) is 0 Å². The first-order chi connectivity index (χ1) is 13.0. The highest BCUT2D eigenvalue weighted by molar-refractivity contribution is 5.88. The summed E-state index contributed by atoms with van der Waals surface area (Å²) < 4.78 is 7.04. The van der Waals surface area contributed by atoms with Crippen molar-refractivity contribution in [2.75, 3.05) is 13.1 Å². The van der Waals surface area contributed by atoms with Crippen LogP contribution in [0.15, 0.2) is 35.0 Å². The summed E-state index contributed by atoms with van der Waals surface area (Å²) in [5.74, 6) is -0.942. The fraction of sp³-hybridized carbons (Fsp3) is 0.368. The normalized spacial score (nSPS) is 15.4. The molecule has 3 aromatic rings. The van der Waals surface area contributed by atoms with E-state index >= 15 is 0 Å². The Balaban J connectivity index is 1.40. The summed E-state index contributed by atoms with van der Waals surface area (Å²) in [6, 6.07) is 7.61. The van der Waals surface area contributed by atoms with Crippen LogP contribution in [0.25, 0.3) is 11.0 Å². The Bertz CT molecular complexity index is 998. The molecule has 140 valence electrons. The van der Waals surface area contributed by atoms with Crippen LogP contribution in [0.5, 0.6) is 0 Å². The summed E-state index contributed by atoms with van der Waals surface area (Å²) in [5.41, 5.74) is 2.22. The SMILES string of the molecule is Cc1c(C(=O)O)cnn1C1CCN(C(=O)Cc2noc3ccccc23)CC1. The Morgan fingerprint density at radius 3 is 2.70 bits per heavy atom. The number of carbonyl (C=O) groups excluding carboxylic acids is 1. The number of hydrogen-bond donors (Lipinski definition) is 1. The minimum absolute atomic E-state index is 0.0240. The van der Waals surface area contributed by atoms with Gasteiger partial charge in [0.05, 0.1) is 24.4 Å². The van der Waals surface area contributed by atoms with E-state index in [0.29, 0.717) is 30.1 Å². The van der Waals surface area contributed by atoms with Crippen LogP contribution >= 0.6 is 0 Å². The number of rotatable bonds is 4. The fourth-order valence-corrected chi connectivity index (χ4v) is 3.68. The second kappa shape index (κ2) is 6.86. The van der Waals surface area contributed by atoms with E-state index in [4.69, 9.17) is 4.52 Å². The number of piperidine rings is 1. The van der Waals surface area contributed by atoms with Gasteiger partial charge in [-0.2, -0.15) is 5.10 Å². The van der Waals surface area contributed by atoms with Gasteiger partial charge in [0.15, 0.2) is 5.58 Å². The number of aromatic nitrogens is 3. The van der Waals surface area contributed by atoms with E-state index in [0.717, 1.165) is 18.2 Å². The van der Waals surface area contributed by atoms with Crippen LogP contribution in [-0.4, -0.2) is 49.9 Å². The molecule has 2 aromatic heterocycles. The molecular formula is C19H20N4O4. The Labute approximate surface area is 155 Å². The average molecular weight is 368 g/mol. The topological polar surface area (TPSA) is 101 Å². The number of para-hydroxylation sites is 1. The molecule has 27 heavy (non-hydrogen) atoms. The van der Waals surface area contributed by atoms with Crippen molar-refractivity contribution in [3.63, 3.8) is 0 Å². The van der Waals surface area contributed by atoms with E-state index < -0.39 is 5.97 Å². The van der Waals surface area contributed by atoms with E-state index in [1.165, 1.54) is 6.20 Å². The number of fused-ring (bicyclic) bond motifs is 1. The molecule has 0 saturated carbocycles. The van der Waals surface area contributed by atoms with Gasteiger partial charge in [-0.15, -0.1) is 0 Å². The lowest BCUT2D eigenvalue weighted by Crippen LogP contribution is -2.40. The summed E-state index contributed by atoms with van der Waals surface area (Å²) in [6.45, 7) is 2.99. The van der Waals surface area contributed by atoms with Gasteiger partial charge in [0, 0.05) is 18.5 Å².